The van der Waals surface area contributed by atoms with Crippen molar-refractivity contribution in [3.63, 3.8) is 0 Å². The molecule has 0 aromatic heterocycles. The van der Waals surface area contributed by atoms with E-state index >= 15 is 0 Å². The highest BCUT2D eigenvalue weighted by Gasteiger charge is 2.32. The number of halogens is 4. The number of urea groups is 1. The van der Waals surface area contributed by atoms with Crippen LogP contribution in [0.25, 0.3) is 0 Å². The number of hydrogen-bond acceptors (Lipinski definition) is 2. The first kappa shape index (κ1) is 16.8. The normalized spacial score (nSPS) is 11.5. The van der Waals surface area contributed by atoms with Gasteiger partial charge in [0.1, 0.15) is 0 Å². The van der Waals surface area contributed by atoms with Crippen molar-refractivity contribution >= 4 is 29.5 Å². The van der Waals surface area contributed by atoms with Gasteiger partial charge in [-0.2, -0.15) is 18.3 Å². The second-order valence-corrected chi connectivity index (χ2v) is 4.85. The van der Waals surface area contributed by atoms with Gasteiger partial charge in [0.2, 0.25) is 0 Å². The number of rotatable bonds is 3. The number of alkyl halides is 3. The average molecular weight is 342 g/mol. The molecule has 0 aliphatic rings. The molecule has 23 heavy (non-hydrogen) atoms. The number of nitrogens with one attached hydrogen (secondary N) is 2. The number of anilines is 1. The molecule has 4 nitrogen and oxygen atoms in total. The van der Waals surface area contributed by atoms with Gasteiger partial charge in [-0.25, -0.2) is 10.2 Å². The van der Waals surface area contributed by atoms with Gasteiger partial charge < -0.3 is 5.32 Å². The van der Waals surface area contributed by atoms with Crippen LogP contribution in [-0.4, -0.2) is 12.2 Å². The van der Waals surface area contributed by atoms with Gasteiger partial charge in [-0.05, 0) is 30.3 Å². The Hall–Kier alpha value is -2.54. The zero-order valence-electron chi connectivity index (χ0n) is 11.6. The molecule has 2 aromatic carbocycles. The number of nitrogens with zero attached hydrogens (tertiary/aromatic N) is 1. The number of carbonyl (C=O) groups excluding carboxylic acids is 1. The number of hydrogen-bond donors (Lipinski definition) is 2. The fourth-order valence-electron chi connectivity index (χ4n) is 1.72. The summed E-state index contributed by atoms with van der Waals surface area (Å²) >= 11 is 5.71. The molecule has 0 heterocycles. The van der Waals surface area contributed by atoms with Crippen molar-refractivity contribution in [3.05, 3.63) is 64.7 Å². The van der Waals surface area contributed by atoms with Crippen LogP contribution in [0.15, 0.2) is 53.6 Å². The van der Waals surface area contributed by atoms with Gasteiger partial charge in [-0.1, -0.05) is 29.8 Å². The monoisotopic (exact) mass is 341 g/mol. The van der Waals surface area contributed by atoms with Crippen LogP contribution in [0.5, 0.6) is 0 Å². The maximum atomic E-state index is 12.8. The summed E-state index contributed by atoms with van der Waals surface area (Å²) in [6.45, 7) is 0. The first-order valence-corrected chi connectivity index (χ1v) is 6.76. The Morgan fingerprint density at radius 3 is 2.39 bits per heavy atom. The standard InChI is InChI=1S/C15H11ClF3N3O/c16-11-5-7-12(8-6-11)21-14(23)22-20-9-10-3-1-2-4-13(10)15(17,18)19/h1-9H,(H2,21,22,23)/b20-9-. The molecular weight excluding hydrogens is 331 g/mol. The Labute approximate surface area is 135 Å². The summed E-state index contributed by atoms with van der Waals surface area (Å²) in [5.74, 6) is 0. The number of hydrazone groups is 1. The summed E-state index contributed by atoms with van der Waals surface area (Å²) in [7, 11) is 0. The Balaban J connectivity index is 1.99. The van der Waals surface area contributed by atoms with Gasteiger partial charge in [0.05, 0.1) is 11.8 Å². The number of amides is 2. The smallest absolute Gasteiger partial charge is 0.307 e. The topological polar surface area (TPSA) is 53.5 Å². The third-order valence-electron chi connectivity index (χ3n) is 2.74. The second kappa shape index (κ2) is 7.15. The van der Waals surface area contributed by atoms with Crippen molar-refractivity contribution in [2.75, 3.05) is 5.32 Å². The summed E-state index contributed by atoms with van der Waals surface area (Å²) in [6, 6.07) is 10.5. The number of benzene rings is 2. The molecule has 8 heteroatoms. The Bertz CT molecular complexity index is 715. The summed E-state index contributed by atoms with van der Waals surface area (Å²) in [6.07, 6.45) is -3.56. The summed E-state index contributed by atoms with van der Waals surface area (Å²) < 4.78 is 38.3. The maximum absolute atomic E-state index is 12.8. The first-order chi connectivity index (χ1) is 10.9. The molecule has 0 bridgehead atoms. The molecule has 0 atom stereocenters. The lowest BCUT2D eigenvalue weighted by atomic mass is 10.1. The summed E-state index contributed by atoms with van der Waals surface area (Å²) in [5, 5.41) is 6.48. The van der Waals surface area contributed by atoms with Crippen molar-refractivity contribution in [3.8, 4) is 0 Å². The third-order valence-corrected chi connectivity index (χ3v) is 2.99. The van der Waals surface area contributed by atoms with Gasteiger partial charge in [0.25, 0.3) is 0 Å². The summed E-state index contributed by atoms with van der Waals surface area (Å²) in [5.41, 5.74) is 1.59. The van der Waals surface area contributed by atoms with E-state index in [-0.39, 0.29) is 5.56 Å². The molecule has 0 aliphatic carbocycles. The van der Waals surface area contributed by atoms with Crippen molar-refractivity contribution in [2.24, 2.45) is 5.10 Å². The van der Waals surface area contributed by atoms with E-state index in [1.165, 1.54) is 18.2 Å². The van der Waals surface area contributed by atoms with E-state index in [9.17, 15) is 18.0 Å². The van der Waals surface area contributed by atoms with Gasteiger partial charge in [-0.15, -0.1) is 0 Å². The Kier molecular flexibility index (Phi) is 5.23. The van der Waals surface area contributed by atoms with E-state index in [2.05, 4.69) is 15.8 Å². The van der Waals surface area contributed by atoms with Crippen LogP contribution in [0.4, 0.5) is 23.7 Å². The third kappa shape index (κ3) is 5.00. The zero-order chi connectivity index (χ0) is 16.9. The molecule has 0 fully saturated rings. The predicted molar refractivity (Wildman–Crippen MR) is 82.6 cm³/mol. The molecular formula is C15H11ClF3N3O. The number of carbonyl (C=O) groups is 1. The van der Waals surface area contributed by atoms with E-state index in [1.54, 1.807) is 24.3 Å². The first-order valence-electron chi connectivity index (χ1n) is 6.38. The van der Waals surface area contributed by atoms with Crippen LogP contribution in [0, 0.1) is 0 Å². The van der Waals surface area contributed by atoms with E-state index in [4.69, 9.17) is 11.6 Å². The van der Waals surface area contributed by atoms with Crippen LogP contribution in [-0.2, 0) is 6.18 Å². The van der Waals surface area contributed by atoms with E-state index in [0.29, 0.717) is 10.7 Å². The van der Waals surface area contributed by atoms with Crippen LogP contribution in [0.1, 0.15) is 11.1 Å². The molecule has 0 spiro atoms. The SMILES string of the molecule is O=C(N/N=C\c1ccccc1C(F)(F)F)Nc1ccc(Cl)cc1. The molecule has 2 aromatic rings. The van der Waals surface area contributed by atoms with E-state index in [1.807, 2.05) is 0 Å². The Morgan fingerprint density at radius 1 is 1.09 bits per heavy atom. The molecule has 120 valence electrons. The molecule has 0 aliphatic heterocycles. The van der Waals surface area contributed by atoms with Crippen molar-refractivity contribution in [1.82, 2.24) is 5.43 Å². The van der Waals surface area contributed by atoms with Crippen molar-refractivity contribution in [1.29, 1.82) is 0 Å². The van der Waals surface area contributed by atoms with Crippen LogP contribution >= 0.6 is 11.6 Å². The van der Waals surface area contributed by atoms with Crippen molar-refractivity contribution in [2.45, 2.75) is 6.18 Å². The molecule has 2 amide bonds. The minimum Gasteiger partial charge on any atom is -0.307 e. The zero-order valence-corrected chi connectivity index (χ0v) is 12.3. The van der Waals surface area contributed by atoms with Gasteiger partial charge in [0.15, 0.2) is 0 Å². The second-order valence-electron chi connectivity index (χ2n) is 4.42. The molecule has 0 saturated heterocycles. The quantitative estimate of drug-likeness (QED) is 0.626. The summed E-state index contributed by atoms with van der Waals surface area (Å²) in [4.78, 5) is 11.6. The highest BCUT2D eigenvalue weighted by Crippen LogP contribution is 2.31. The fourth-order valence-corrected chi connectivity index (χ4v) is 1.85. The molecule has 2 N–H and O–H groups in total. The largest absolute Gasteiger partial charge is 0.417 e. The molecule has 2 rings (SSSR count). The van der Waals surface area contributed by atoms with E-state index in [0.717, 1.165) is 12.3 Å². The highest BCUT2D eigenvalue weighted by molar-refractivity contribution is 6.30. The predicted octanol–water partition coefficient (Wildman–Crippen LogP) is 4.51. The average Bonchev–Trinajstić information content (AvgIpc) is 2.49. The molecule has 0 saturated carbocycles. The minimum atomic E-state index is -4.49. The lowest BCUT2D eigenvalue weighted by Crippen LogP contribution is -2.24. The minimum absolute atomic E-state index is 0.146. The Morgan fingerprint density at radius 2 is 1.74 bits per heavy atom. The van der Waals surface area contributed by atoms with Crippen LogP contribution < -0.4 is 10.7 Å². The van der Waals surface area contributed by atoms with Crippen LogP contribution in [0.2, 0.25) is 5.02 Å². The lowest BCUT2D eigenvalue weighted by molar-refractivity contribution is -0.137. The lowest BCUT2D eigenvalue weighted by Gasteiger charge is -2.09. The molecule has 0 unspecified atom stereocenters. The fraction of sp³-hybridized carbons (Fsp3) is 0.0667. The highest BCUT2D eigenvalue weighted by atomic mass is 35.5. The molecule has 0 radical (unpaired) electrons. The van der Waals surface area contributed by atoms with E-state index < -0.39 is 17.8 Å². The van der Waals surface area contributed by atoms with Gasteiger partial charge >= 0.3 is 12.2 Å². The van der Waals surface area contributed by atoms with Crippen molar-refractivity contribution < 1.29 is 18.0 Å². The van der Waals surface area contributed by atoms with Gasteiger partial charge in [0, 0.05) is 16.3 Å². The maximum Gasteiger partial charge on any atom is 0.417 e. The van der Waals surface area contributed by atoms with Crippen LogP contribution in [0.3, 0.4) is 0 Å². The van der Waals surface area contributed by atoms with Gasteiger partial charge in [-0.3, -0.25) is 0 Å².